The number of aliphatic imine (C=N–C) groups is 1. The lowest BCUT2D eigenvalue weighted by Crippen LogP contribution is -2.41. The van der Waals surface area contributed by atoms with Crippen molar-refractivity contribution in [2.45, 2.75) is 25.7 Å². The van der Waals surface area contributed by atoms with Crippen molar-refractivity contribution in [1.29, 1.82) is 0 Å². The van der Waals surface area contributed by atoms with E-state index in [-0.39, 0.29) is 11.9 Å². The van der Waals surface area contributed by atoms with E-state index < -0.39 is 11.9 Å². The molecule has 7 heteroatoms. The first kappa shape index (κ1) is 18.2. The minimum Gasteiger partial charge on any atom is -0.460 e. The predicted octanol–water partition coefficient (Wildman–Crippen LogP) is 3.37. The van der Waals surface area contributed by atoms with Crippen LogP contribution in [-0.2, 0) is 10.3 Å². The molecule has 2 atom stereocenters. The van der Waals surface area contributed by atoms with Crippen molar-refractivity contribution < 1.29 is 13.9 Å². The van der Waals surface area contributed by atoms with Crippen molar-refractivity contribution in [1.82, 2.24) is 4.90 Å². The number of hydrogen-bond donors (Lipinski definition) is 1. The van der Waals surface area contributed by atoms with Gasteiger partial charge >= 0.3 is 0 Å². The van der Waals surface area contributed by atoms with Gasteiger partial charge in [-0.3, -0.25) is 9.69 Å². The topological polar surface area (TPSA) is 67.9 Å². The van der Waals surface area contributed by atoms with Crippen LogP contribution < -0.4 is 10.5 Å². The molecule has 3 rings (SSSR count). The summed E-state index contributed by atoms with van der Waals surface area (Å²) in [4.78, 5) is 18.9. The zero-order valence-electron chi connectivity index (χ0n) is 14.7. The van der Waals surface area contributed by atoms with E-state index in [1.165, 1.54) is 11.8 Å². The standard InChI is InChI=1S/C19H19ClFN3O2/c1-11-9-14(7-8-16(11)26-12(2)21)19(13-5-4-6-15(20)10-13)17(25)24(3)18(22)23-19/h4-10,12H,1-3H3,(H2,22,23). The number of carbonyl (C=O) groups is 1. The third-order valence-electron chi connectivity index (χ3n) is 4.36. The monoisotopic (exact) mass is 375 g/mol. The summed E-state index contributed by atoms with van der Waals surface area (Å²) in [7, 11) is 1.57. The highest BCUT2D eigenvalue weighted by atomic mass is 35.5. The fourth-order valence-corrected chi connectivity index (χ4v) is 3.27. The molecule has 1 aliphatic heterocycles. The van der Waals surface area contributed by atoms with Gasteiger partial charge in [0.05, 0.1) is 0 Å². The average molecular weight is 376 g/mol. The van der Waals surface area contributed by atoms with Crippen LogP contribution in [0.1, 0.15) is 23.6 Å². The molecule has 0 spiro atoms. The number of alkyl halides is 1. The largest absolute Gasteiger partial charge is 0.460 e. The van der Waals surface area contributed by atoms with Crippen molar-refractivity contribution in [2.24, 2.45) is 10.7 Å². The number of halogens is 2. The van der Waals surface area contributed by atoms with Crippen LogP contribution in [0.2, 0.25) is 5.02 Å². The maximum atomic E-state index is 13.2. The van der Waals surface area contributed by atoms with Crippen molar-refractivity contribution in [3.63, 3.8) is 0 Å². The second-order valence-electron chi connectivity index (χ2n) is 6.20. The Labute approximate surface area is 156 Å². The molecule has 2 aromatic carbocycles. The van der Waals surface area contributed by atoms with Gasteiger partial charge in [-0.1, -0.05) is 29.8 Å². The zero-order valence-corrected chi connectivity index (χ0v) is 15.4. The van der Waals surface area contributed by atoms with E-state index in [0.29, 0.717) is 27.5 Å². The molecule has 0 saturated heterocycles. The number of hydrogen-bond acceptors (Lipinski definition) is 4. The lowest BCUT2D eigenvalue weighted by atomic mass is 9.82. The number of carbonyl (C=O) groups excluding carboxylic acids is 1. The highest BCUT2D eigenvalue weighted by Gasteiger charge is 2.49. The summed E-state index contributed by atoms with van der Waals surface area (Å²) in [5, 5.41) is 0.487. The number of ether oxygens (including phenoxy) is 1. The summed E-state index contributed by atoms with van der Waals surface area (Å²) in [6.07, 6.45) is -1.44. The quantitative estimate of drug-likeness (QED) is 0.890. The molecular formula is C19H19ClFN3O2. The lowest BCUT2D eigenvalue weighted by Gasteiger charge is -2.27. The number of aryl methyl sites for hydroxylation is 1. The highest BCUT2D eigenvalue weighted by Crippen LogP contribution is 2.41. The Morgan fingerprint density at radius 1 is 1.27 bits per heavy atom. The summed E-state index contributed by atoms with van der Waals surface area (Å²) >= 11 is 6.14. The summed E-state index contributed by atoms with van der Waals surface area (Å²) in [6.45, 7) is 3.09. The lowest BCUT2D eigenvalue weighted by molar-refractivity contribution is -0.129. The van der Waals surface area contributed by atoms with Gasteiger partial charge in [-0.05, 0) is 47.9 Å². The molecule has 2 unspecified atom stereocenters. The minimum atomic E-state index is -1.44. The van der Waals surface area contributed by atoms with E-state index in [0.717, 1.165) is 0 Å². The number of benzene rings is 2. The maximum Gasteiger partial charge on any atom is 0.266 e. The first-order valence-electron chi connectivity index (χ1n) is 8.07. The van der Waals surface area contributed by atoms with Crippen LogP contribution in [0.3, 0.4) is 0 Å². The SMILES string of the molecule is Cc1cc(C2(c3cccc(Cl)c3)N=C(N)N(C)C2=O)ccc1OC(C)F. The third kappa shape index (κ3) is 2.90. The van der Waals surface area contributed by atoms with E-state index in [4.69, 9.17) is 22.1 Å². The molecule has 2 aromatic rings. The average Bonchev–Trinajstić information content (AvgIpc) is 2.81. The predicted molar refractivity (Wildman–Crippen MR) is 99.0 cm³/mol. The van der Waals surface area contributed by atoms with Crippen LogP contribution in [-0.4, -0.2) is 30.2 Å². The maximum absolute atomic E-state index is 13.2. The van der Waals surface area contributed by atoms with Crippen LogP contribution in [0.15, 0.2) is 47.5 Å². The molecule has 1 amide bonds. The van der Waals surface area contributed by atoms with Crippen molar-refractivity contribution in [3.05, 3.63) is 64.2 Å². The van der Waals surface area contributed by atoms with E-state index >= 15 is 0 Å². The van der Waals surface area contributed by atoms with Gasteiger partial charge in [-0.2, -0.15) is 0 Å². The molecule has 0 aliphatic carbocycles. The fourth-order valence-electron chi connectivity index (χ4n) is 3.08. The van der Waals surface area contributed by atoms with Crippen LogP contribution in [0.25, 0.3) is 0 Å². The Kier molecular flexibility index (Phi) is 4.63. The number of nitrogens with zero attached hydrogens (tertiary/aromatic N) is 2. The smallest absolute Gasteiger partial charge is 0.266 e. The second kappa shape index (κ2) is 6.61. The van der Waals surface area contributed by atoms with Gasteiger partial charge in [0.2, 0.25) is 6.36 Å². The molecule has 0 aromatic heterocycles. The van der Waals surface area contributed by atoms with E-state index in [9.17, 15) is 9.18 Å². The molecule has 0 saturated carbocycles. The molecule has 0 radical (unpaired) electrons. The van der Waals surface area contributed by atoms with Gasteiger partial charge in [-0.25, -0.2) is 9.38 Å². The van der Waals surface area contributed by atoms with Crippen molar-refractivity contribution >= 4 is 23.5 Å². The number of likely N-dealkylation sites (N-methyl/N-ethyl adjacent to an activating group) is 1. The fraction of sp³-hybridized carbons (Fsp3) is 0.263. The van der Waals surface area contributed by atoms with Gasteiger partial charge < -0.3 is 10.5 Å². The highest BCUT2D eigenvalue weighted by molar-refractivity contribution is 6.30. The van der Waals surface area contributed by atoms with E-state index in [1.54, 1.807) is 56.4 Å². The first-order valence-corrected chi connectivity index (χ1v) is 8.45. The Balaban J connectivity index is 2.21. The summed E-state index contributed by atoms with van der Waals surface area (Å²) < 4.78 is 18.3. The summed E-state index contributed by atoms with van der Waals surface area (Å²) in [5.41, 5.74) is 6.50. The molecule has 26 heavy (non-hydrogen) atoms. The van der Waals surface area contributed by atoms with Crippen LogP contribution >= 0.6 is 11.6 Å². The van der Waals surface area contributed by atoms with Gasteiger partial charge in [0, 0.05) is 19.0 Å². The van der Waals surface area contributed by atoms with E-state index in [1.807, 2.05) is 0 Å². The molecule has 1 heterocycles. The van der Waals surface area contributed by atoms with Gasteiger partial charge in [0.15, 0.2) is 11.5 Å². The van der Waals surface area contributed by atoms with Crippen molar-refractivity contribution in [2.75, 3.05) is 7.05 Å². The molecule has 0 fully saturated rings. The van der Waals surface area contributed by atoms with Gasteiger partial charge in [0.1, 0.15) is 5.75 Å². The van der Waals surface area contributed by atoms with Gasteiger partial charge in [-0.15, -0.1) is 0 Å². The molecular weight excluding hydrogens is 357 g/mol. The van der Waals surface area contributed by atoms with Crippen LogP contribution in [0, 0.1) is 6.92 Å². The molecule has 1 aliphatic rings. The molecule has 0 bridgehead atoms. The van der Waals surface area contributed by atoms with E-state index in [2.05, 4.69) is 4.99 Å². The summed E-state index contributed by atoms with van der Waals surface area (Å²) in [5.74, 6) is 0.232. The zero-order chi connectivity index (χ0) is 19.1. The summed E-state index contributed by atoms with van der Waals surface area (Å²) in [6, 6.07) is 12.0. The molecule has 5 nitrogen and oxygen atoms in total. The van der Waals surface area contributed by atoms with Crippen LogP contribution in [0.5, 0.6) is 5.75 Å². The van der Waals surface area contributed by atoms with Crippen LogP contribution in [0.4, 0.5) is 4.39 Å². The molecule has 2 N–H and O–H groups in total. The normalized spacial score (nSPS) is 20.9. The Morgan fingerprint density at radius 3 is 2.50 bits per heavy atom. The number of guanidine groups is 1. The molecule has 136 valence electrons. The number of rotatable bonds is 4. The Hall–Kier alpha value is -2.60. The minimum absolute atomic E-state index is 0.116. The van der Waals surface area contributed by atoms with Gasteiger partial charge in [0.25, 0.3) is 5.91 Å². The Morgan fingerprint density at radius 2 is 1.96 bits per heavy atom. The Bertz CT molecular complexity index is 900. The third-order valence-corrected chi connectivity index (χ3v) is 4.60. The first-order chi connectivity index (χ1) is 12.3. The second-order valence-corrected chi connectivity index (χ2v) is 6.63. The number of nitrogens with two attached hydrogens (primary N) is 1. The van der Waals surface area contributed by atoms with Crippen molar-refractivity contribution in [3.8, 4) is 5.75 Å². The number of amides is 1.